The second kappa shape index (κ2) is 11.1. The number of nitrogens with one attached hydrogen (secondary N) is 1. The molecule has 2 amide bonds. The summed E-state index contributed by atoms with van der Waals surface area (Å²) < 4.78 is 10.3. The molecule has 1 aliphatic heterocycles. The van der Waals surface area contributed by atoms with Gasteiger partial charge in [-0.05, 0) is 30.0 Å². The first kappa shape index (κ1) is 23.8. The molecule has 1 N–H and O–H groups in total. The second-order valence-corrected chi connectivity index (χ2v) is 8.01. The number of fused-ring (bicyclic) bond motifs is 1. The molecule has 0 aliphatic carbocycles. The van der Waals surface area contributed by atoms with E-state index in [9.17, 15) is 14.4 Å². The Labute approximate surface area is 193 Å². The molecule has 8 nitrogen and oxygen atoms in total. The molecule has 2 aromatic rings. The molecule has 0 saturated carbocycles. The van der Waals surface area contributed by atoms with Crippen LogP contribution in [0.2, 0.25) is 0 Å². The van der Waals surface area contributed by atoms with Gasteiger partial charge in [0.05, 0.1) is 19.7 Å². The lowest BCUT2D eigenvalue weighted by atomic mass is 9.93. The quantitative estimate of drug-likeness (QED) is 0.651. The van der Waals surface area contributed by atoms with E-state index in [1.807, 2.05) is 54.6 Å². The Morgan fingerprint density at radius 3 is 2.45 bits per heavy atom. The highest BCUT2D eigenvalue weighted by molar-refractivity contribution is 5.90. The highest BCUT2D eigenvalue weighted by atomic mass is 16.6. The van der Waals surface area contributed by atoms with E-state index < -0.39 is 36.0 Å². The summed E-state index contributed by atoms with van der Waals surface area (Å²) in [6.45, 7) is 1.95. The lowest BCUT2D eigenvalue weighted by Crippen LogP contribution is -2.55. The van der Waals surface area contributed by atoms with E-state index in [1.165, 1.54) is 12.0 Å². The number of rotatable bonds is 7. The Hall–Kier alpha value is -3.86. The average Bonchev–Trinajstić information content (AvgIpc) is 2.85. The number of ether oxygens (including phenoxy) is 2. The van der Waals surface area contributed by atoms with Gasteiger partial charge in [-0.25, -0.2) is 9.59 Å². The first-order valence-electron chi connectivity index (χ1n) is 10.7. The van der Waals surface area contributed by atoms with Crippen LogP contribution < -0.4 is 5.32 Å². The lowest BCUT2D eigenvalue weighted by molar-refractivity contribution is -0.146. The minimum atomic E-state index is -0.989. The first-order chi connectivity index (χ1) is 15.9. The summed E-state index contributed by atoms with van der Waals surface area (Å²) in [5.74, 6) is -1.60. The zero-order chi connectivity index (χ0) is 23.8. The van der Waals surface area contributed by atoms with Gasteiger partial charge in [-0.1, -0.05) is 54.6 Å². The molecule has 0 fully saturated rings. The molecule has 3 atom stereocenters. The number of nitrogens with zero attached hydrogens (tertiary/aromatic N) is 2. The van der Waals surface area contributed by atoms with E-state index in [4.69, 9.17) is 14.7 Å². The van der Waals surface area contributed by atoms with Gasteiger partial charge in [0.15, 0.2) is 0 Å². The van der Waals surface area contributed by atoms with E-state index in [0.29, 0.717) is 0 Å². The molecule has 172 valence electrons. The molecule has 33 heavy (non-hydrogen) atoms. The molecule has 0 aromatic heterocycles. The summed E-state index contributed by atoms with van der Waals surface area (Å²) in [6, 6.07) is 17.1. The van der Waals surface area contributed by atoms with Crippen molar-refractivity contribution in [3.8, 4) is 6.07 Å². The van der Waals surface area contributed by atoms with Crippen molar-refractivity contribution in [2.24, 2.45) is 5.92 Å². The third-order valence-electron chi connectivity index (χ3n) is 5.60. The number of methoxy groups -OCH3 is 1. The maximum atomic E-state index is 13.2. The van der Waals surface area contributed by atoms with Gasteiger partial charge in [-0.15, -0.1) is 0 Å². The van der Waals surface area contributed by atoms with E-state index in [0.717, 1.165) is 16.7 Å². The molecule has 1 heterocycles. The first-order valence-corrected chi connectivity index (χ1v) is 10.7. The van der Waals surface area contributed by atoms with E-state index >= 15 is 0 Å². The predicted octanol–water partition coefficient (Wildman–Crippen LogP) is 2.96. The fourth-order valence-corrected chi connectivity index (χ4v) is 3.78. The van der Waals surface area contributed by atoms with Crippen LogP contribution in [0.5, 0.6) is 0 Å². The number of hydrogen-bond acceptors (Lipinski definition) is 6. The number of esters is 1. The van der Waals surface area contributed by atoms with Gasteiger partial charge in [0.25, 0.3) is 0 Å². The minimum absolute atomic E-state index is 0.0800. The molecule has 2 aromatic carbocycles. The van der Waals surface area contributed by atoms with E-state index in [-0.39, 0.29) is 26.0 Å². The van der Waals surface area contributed by atoms with Crippen molar-refractivity contribution in [3.63, 3.8) is 0 Å². The minimum Gasteiger partial charge on any atom is -0.467 e. The molecule has 0 spiro atoms. The van der Waals surface area contributed by atoms with Crippen LogP contribution in [-0.4, -0.2) is 42.1 Å². The van der Waals surface area contributed by atoms with Crippen molar-refractivity contribution < 1.29 is 23.9 Å². The lowest BCUT2D eigenvalue weighted by Gasteiger charge is -2.35. The highest BCUT2D eigenvalue weighted by Crippen LogP contribution is 2.25. The topological polar surface area (TPSA) is 109 Å². The Kier molecular flexibility index (Phi) is 8.03. The van der Waals surface area contributed by atoms with Crippen molar-refractivity contribution in [1.82, 2.24) is 10.2 Å². The fourth-order valence-electron chi connectivity index (χ4n) is 3.78. The molecule has 0 radical (unpaired) electrons. The van der Waals surface area contributed by atoms with Gasteiger partial charge < -0.3 is 14.8 Å². The number of hydrogen-bond donors (Lipinski definition) is 1. The summed E-state index contributed by atoms with van der Waals surface area (Å²) >= 11 is 0. The standard InChI is InChI=1S/C25H27N3O5/c1-17(14-26)12-21(24(30)32-2)27-23(29)22-13-19-10-6-7-11-20(19)15-28(22)25(31)33-16-18-8-4-3-5-9-18/h3-11,17,21-22H,12-13,15-16H2,1-2H3,(H,27,29)/t17-,21+,22+/m1/s1. The maximum Gasteiger partial charge on any atom is 0.411 e. The van der Waals surface area contributed by atoms with Crippen LogP contribution in [0, 0.1) is 17.2 Å². The van der Waals surface area contributed by atoms with Crippen LogP contribution in [0.1, 0.15) is 30.0 Å². The number of nitriles is 1. The van der Waals surface area contributed by atoms with Crippen molar-refractivity contribution >= 4 is 18.0 Å². The van der Waals surface area contributed by atoms with Gasteiger partial charge in [0, 0.05) is 12.3 Å². The smallest absolute Gasteiger partial charge is 0.411 e. The van der Waals surface area contributed by atoms with Crippen LogP contribution in [0.3, 0.4) is 0 Å². The second-order valence-electron chi connectivity index (χ2n) is 8.01. The number of carbonyl (C=O) groups excluding carboxylic acids is 3. The zero-order valence-electron chi connectivity index (χ0n) is 18.7. The Balaban J connectivity index is 1.79. The Morgan fingerprint density at radius 2 is 1.79 bits per heavy atom. The average molecular weight is 450 g/mol. The summed E-state index contributed by atoms with van der Waals surface area (Å²) in [5.41, 5.74) is 2.71. The molecule has 3 rings (SSSR count). The van der Waals surface area contributed by atoms with Crippen molar-refractivity contribution in [3.05, 3.63) is 71.3 Å². The van der Waals surface area contributed by atoms with Gasteiger partial charge >= 0.3 is 12.1 Å². The van der Waals surface area contributed by atoms with Crippen molar-refractivity contribution in [2.45, 2.75) is 45.0 Å². The Morgan fingerprint density at radius 1 is 1.12 bits per heavy atom. The van der Waals surface area contributed by atoms with Gasteiger partial charge in [-0.3, -0.25) is 9.69 Å². The molecule has 1 aliphatic rings. The largest absolute Gasteiger partial charge is 0.467 e. The number of carbonyl (C=O) groups is 3. The van der Waals surface area contributed by atoms with Crippen LogP contribution in [-0.2, 0) is 38.6 Å². The third-order valence-corrected chi connectivity index (χ3v) is 5.60. The highest BCUT2D eigenvalue weighted by Gasteiger charge is 2.37. The normalized spacial score (nSPS) is 16.5. The number of benzene rings is 2. The summed E-state index contributed by atoms with van der Waals surface area (Å²) in [4.78, 5) is 39.8. The van der Waals surface area contributed by atoms with Gasteiger partial charge in [0.2, 0.25) is 5.91 Å². The molecular formula is C25H27N3O5. The number of amides is 2. The fraction of sp³-hybridized carbons (Fsp3) is 0.360. The van der Waals surface area contributed by atoms with Crippen LogP contribution in [0.25, 0.3) is 0 Å². The summed E-state index contributed by atoms with van der Waals surface area (Å²) in [6.07, 6.45) is -0.227. The van der Waals surface area contributed by atoms with Gasteiger partial charge in [0.1, 0.15) is 18.7 Å². The molecule has 0 bridgehead atoms. The van der Waals surface area contributed by atoms with Crippen molar-refractivity contribution in [1.29, 1.82) is 5.26 Å². The third kappa shape index (κ3) is 6.10. The van der Waals surface area contributed by atoms with Crippen molar-refractivity contribution in [2.75, 3.05) is 7.11 Å². The van der Waals surface area contributed by atoms with E-state index in [2.05, 4.69) is 11.4 Å². The zero-order valence-corrected chi connectivity index (χ0v) is 18.7. The molecule has 0 unspecified atom stereocenters. The molecule has 8 heteroatoms. The van der Waals surface area contributed by atoms with Gasteiger partial charge in [-0.2, -0.15) is 5.26 Å². The van der Waals surface area contributed by atoms with Crippen LogP contribution >= 0.6 is 0 Å². The molecular weight excluding hydrogens is 422 g/mol. The van der Waals surface area contributed by atoms with Crippen LogP contribution in [0.15, 0.2) is 54.6 Å². The Bertz CT molecular complexity index is 1030. The van der Waals surface area contributed by atoms with E-state index in [1.54, 1.807) is 6.92 Å². The monoisotopic (exact) mass is 449 g/mol. The molecule has 0 saturated heterocycles. The SMILES string of the molecule is COC(=O)[C@H](C[C@@H](C)C#N)NC(=O)[C@@H]1Cc2ccccc2CN1C(=O)OCc1ccccc1. The maximum absolute atomic E-state index is 13.2. The summed E-state index contributed by atoms with van der Waals surface area (Å²) in [7, 11) is 1.22. The summed E-state index contributed by atoms with van der Waals surface area (Å²) in [5, 5.41) is 11.8. The van der Waals surface area contributed by atoms with Crippen LogP contribution in [0.4, 0.5) is 4.79 Å². The predicted molar refractivity (Wildman–Crippen MR) is 119 cm³/mol.